The lowest BCUT2D eigenvalue weighted by atomic mass is 9.89. The summed E-state index contributed by atoms with van der Waals surface area (Å²) < 4.78 is 7.84. The highest BCUT2D eigenvalue weighted by molar-refractivity contribution is 6.09. The van der Waals surface area contributed by atoms with Gasteiger partial charge in [-0.15, -0.1) is 0 Å². The first-order valence-electron chi connectivity index (χ1n) is 13.5. The van der Waals surface area contributed by atoms with E-state index in [2.05, 4.69) is 46.5 Å². The van der Waals surface area contributed by atoms with Gasteiger partial charge in [0.05, 0.1) is 12.7 Å². The topological polar surface area (TPSA) is 67.3 Å². The number of likely N-dealkylation sites (tertiary alicyclic amines) is 1. The predicted molar refractivity (Wildman–Crippen MR) is 144 cm³/mol. The average molecular weight is 490 g/mol. The minimum Gasteiger partial charge on any atom is -0.496 e. The number of hydrogen-bond donors (Lipinski definition) is 1. The number of benzene rings is 1. The van der Waals surface area contributed by atoms with Crippen molar-refractivity contribution < 1.29 is 9.53 Å². The average Bonchev–Trinajstić information content (AvgIpc) is 3.63. The molecule has 2 aromatic heterocycles. The lowest BCUT2D eigenvalue weighted by Crippen LogP contribution is -2.37. The largest absolute Gasteiger partial charge is 0.496 e. The van der Waals surface area contributed by atoms with E-state index in [4.69, 9.17) is 4.74 Å². The summed E-state index contributed by atoms with van der Waals surface area (Å²) in [6.07, 6.45) is 5.86. The van der Waals surface area contributed by atoms with Crippen LogP contribution in [-0.4, -0.2) is 47.0 Å². The molecule has 5 rings (SSSR count). The monoisotopic (exact) mass is 489 g/mol. The number of aromatic amines is 1. The number of nitrogens with zero attached hydrogens (tertiary/aromatic N) is 2. The Morgan fingerprint density at radius 2 is 1.86 bits per heavy atom. The van der Waals surface area contributed by atoms with Gasteiger partial charge >= 0.3 is 0 Å². The molecule has 1 aliphatic carbocycles. The molecule has 1 N–H and O–H groups in total. The molecule has 0 spiro atoms. The highest BCUT2D eigenvalue weighted by Crippen LogP contribution is 2.37. The van der Waals surface area contributed by atoms with Gasteiger partial charge in [-0.05, 0) is 89.9 Å². The van der Waals surface area contributed by atoms with E-state index in [1.807, 2.05) is 19.1 Å². The van der Waals surface area contributed by atoms with Crippen LogP contribution in [0.4, 0.5) is 0 Å². The Morgan fingerprint density at radius 3 is 2.56 bits per heavy atom. The van der Waals surface area contributed by atoms with Crippen LogP contribution < -0.4 is 10.3 Å². The first kappa shape index (κ1) is 24.8. The number of H-pyrrole nitrogens is 1. The van der Waals surface area contributed by atoms with Crippen LogP contribution in [0.5, 0.6) is 5.75 Å². The number of methoxy groups -OCH3 is 1. The molecule has 36 heavy (non-hydrogen) atoms. The molecule has 3 heterocycles. The smallest absolute Gasteiger partial charge is 0.255 e. The summed E-state index contributed by atoms with van der Waals surface area (Å²) in [5.41, 5.74) is 4.07. The van der Waals surface area contributed by atoms with Crippen LogP contribution in [0.15, 0.2) is 35.1 Å². The number of aromatic nitrogens is 2. The van der Waals surface area contributed by atoms with Crippen LogP contribution in [0.3, 0.4) is 0 Å². The summed E-state index contributed by atoms with van der Waals surface area (Å²) in [4.78, 5) is 31.7. The second kappa shape index (κ2) is 10.3. The van der Waals surface area contributed by atoms with Gasteiger partial charge in [0.1, 0.15) is 5.75 Å². The molecule has 1 saturated heterocycles. The molecule has 0 unspecified atom stereocenters. The van der Waals surface area contributed by atoms with Crippen molar-refractivity contribution in [3.8, 4) is 5.75 Å². The highest BCUT2D eigenvalue weighted by Gasteiger charge is 2.31. The fraction of sp³-hybridized carbons (Fsp3) is 0.533. The first-order chi connectivity index (χ1) is 17.4. The van der Waals surface area contributed by atoms with Crippen molar-refractivity contribution in [1.82, 2.24) is 14.5 Å². The molecule has 2 fully saturated rings. The van der Waals surface area contributed by atoms with E-state index in [9.17, 15) is 9.59 Å². The molecular formula is C30H39N3O3. The Balaban J connectivity index is 1.38. The molecule has 192 valence electrons. The third kappa shape index (κ3) is 4.88. The molecule has 1 aromatic carbocycles. The molecule has 6 nitrogen and oxygen atoms in total. The van der Waals surface area contributed by atoms with Gasteiger partial charge in [-0.2, -0.15) is 0 Å². The van der Waals surface area contributed by atoms with E-state index in [0.29, 0.717) is 29.7 Å². The van der Waals surface area contributed by atoms with Crippen molar-refractivity contribution in [3.05, 3.63) is 63.2 Å². The van der Waals surface area contributed by atoms with Crippen LogP contribution in [0.1, 0.15) is 72.4 Å². The Morgan fingerprint density at radius 1 is 1.14 bits per heavy atom. The maximum Gasteiger partial charge on any atom is 0.255 e. The van der Waals surface area contributed by atoms with Crippen LogP contribution >= 0.6 is 0 Å². The number of Topliss-reactive ketones (excluding diaryl/α,β-unsaturated/α-hetero) is 1. The zero-order valence-corrected chi connectivity index (χ0v) is 22.1. The van der Waals surface area contributed by atoms with E-state index in [0.717, 1.165) is 33.8 Å². The fourth-order valence-electron chi connectivity index (χ4n) is 6.23. The maximum atomic E-state index is 13.6. The van der Waals surface area contributed by atoms with Crippen LogP contribution in [0, 0.1) is 25.7 Å². The van der Waals surface area contributed by atoms with Crippen LogP contribution in [-0.2, 0) is 6.42 Å². The minimum absolute atomic E-state index is 0.0796. The Kier molecular flexibility index (Phi) is 7.07. The van der Waals surface area contributed by atoms with Crippen LogP contribution in [0.2, 0.25) is 0 Å². The van der Waals surface area contributed by atoms with Gasteiger partial charge in [0.2, 0.25) is 0 Å². The van der Waals surface area contributed by atoms with E-state index in [-0.39, 0.29) is 17.8 Å². The number of rotatable bonds is 9. The number of piperidine rings is 1. The number of carbonyl (C=O) groups excluding carboxylic acids is 1. The summed E-state index contributed by atoms with van der Waals surface area (Å²) in [5, 5.41) is 1.02. The van der Waals surface area contributed by atoms with Crippen molar-refractivity contribution in [2.45, 2.75) is 65.3 Å². The van der Waals surface area contributed by atoms with Crippen LogP contribution in [0.25, 0.3) is 10.9 Å². The van der Waals surface area contributed by atoms with Crippen molar-refractivity contribution in [3.63, 3.8) is 0 Å². The molecule has 0 radical (unpaired) electrons. The lowest BCUT2D eigenvalue weighted by Gasteiger charge is -2.36. The Hall–Kier alpha value is -2.86. The normalized spacial score (nSPS) is 18.0. The number of fused-ring (bicyclic) bond motifs is 1. The molecule has 6 heteroatoms. The number of pyridine rings is 1. The van der Waals surface area contributed by atoms with Gasteiger partial charge in [-0.25, -0.2) is 0 Å². The van der Waals surface area contributed by atoms with Gasteiger partial charge in [0.25, 0.3) is 5.56 Å². The summed E-state index contributed by atoms with van der Waals surface area (Å²) >= 11 is 0. The second-order valence-corrected chi connectivity index (χ2v) is 10.9. The number of ether oxygens (including phenoxy) is 1. The van der Waals surface area contributed by atoms with Crippen molar-refractivity contribution in [1.29, 1.82) is 0 Å². The Labute approximate surface area is 213 Å². The second-order valence-electron chi connectivity index (χ2n) is 10.9. The van der Waals surface area contributed by atoms with Gasteiger partial charge in [-0.1, -0.05) is 18.2 Å². The number of ketones is 1. The van der Waals surface area contributed by atoms with Crippen molar-refractivity contribution in [2.24, 2.45) is 11.8 Å². The maximum absolute atomic E-state index is 13.6. The number of nitrogens with one attached hydrogen (secondary N) is 1. The molecule has 1 aliphatic heterocycles. The zero-order valence-electron chi connectivity index (χ0n) is 22.1. The van der Waals surface area contributed by atoms with E-state index >= 15 is 0 Å². The molecule has 3 aromatic rings. The van der Waals surface area contributed by atoms with Crippen molar-refractivity contribution in [2.75, 3.05) is 26.7 Å². The number of aryl methyl sites for hydroxylation is 1. The quantitative estimate of drug-likeness (QED) is 0.406. The fourth-order valence-corrected chi connectivity index (χ4v) is 6.23. The third-order valence-electron chi connectivity index (χ3n) is 8.42. The molecule has 1 atom stereocenters. The van der Waals surface area contributed by atoms with Gasteiger partial charge in [0.15, 0.2) is 5.78 Å². The van der Waals surface area contributed by atoms with Crippen molar-refractivity contribution >= 4 is 16.7 Å². The molecular weight excluding hydrogens is 450 g/mol. The van der Waals surface area contributed by atoms with Gasteiger partial charge in [-0.3, -0.25) is 9.59 Å². The SMILES string of the molecule is COc1cc(C)[nH]c(=O)c1CCC(=O)c1c(C)n([C@H](C)C2CCN(CC3CC3)CC2)c2ccccc12. The van der Waals surface area contributed by atoms with E-state index < -0.39 is 0 Å². The first-order valence-corrected chi connectivity index (χ1v) is 13.5. The lowest BCUT2D eigenvalue weighted by molar-refractivity contribution is 0.0983. The molecule has 0 bridgehead atoms. The highest BCUT2D eigenvalue weighted by atomic mass is 16.5. The number of para-hydroxylation sites is 1. The summed E-state index contributed by atoms with van der Waals surface area (Å²) in [6.45, 7) is 9.89. The van der Waals surface area contributed by atoms with E-state index in [1.54, 1.807) is 7.11 Å². The molecule has 0 amide bonds. The zero-order chi connectivity index (χ0) is 25.4. The van der Waals surface area contributed by atoms with E-state index in [1.165, 1.54) is 45.3 Å². The third-order valence-corrected chi connectivity index (χ3v) is 8.42. The standard InChI is InChI=1S/C30H39N3O3/c1-19-17-28(36-4)25(30(35)31-19)11-12-27(34)29-21(3)33(26-8-6-5-7-24(26)29)20(2)23-13-15-32(16-14-23)18-22-9-10-22/h5-8,17,20,22-23H,9-16,18H2,1-4H3,(H,31,35)/t20-/m1/s1. The molecule has 1 saturated carbocycles. The summed E-state index contributed by atoms with van der Waals surface area (Å²) in [7, 11) is 1.56. The number of hydrogen-bond acceptors (Lipinski definition) is 4. The molecule has 2 aliphatic rings. The summed E-state index contributed by atoms with van der Waals surface area (Å²) in [5.74, 6) is 2.17. The van der Waals surface area contributed by atoms with Gasteiger partial charge < -0.3 is 19.2 Å². The minimum atomic E-state index is -0.180. The summed E-state index contributed by atoms with van der Waals surface area (Å²) in [6, 6.07) is 10.4. The number of carbonyl (C=O) groups is 1. The Bertz CT molecular complexity index is 1310. The van der Waals surface area contributed by atoms with Gasteiger partial charge in [0, 0.05) is 46.9 Å². The predicted octanol–water partition coefficient (Wildman–Crippen LogP) is 5.45.